The molecule has 0 fully saturated rings. The van der Waals surface area contributed by atoms with Gasteiger partial charge in [-0.05, 0) is 62.2 Å². The van der Waals surface area contributed by atoms with Gasteiger partial charge >= 0.3 is 0 Å². The van der Waals surface area contributed by atoms with Gasteiger partial charge in [-0.3, -0.25) is 0 Å². The molecule has 2 aromatic carbocycles. The Morgan fingerprint density at radius 2 is 1.12 bits per heavy atom. The molecule has 0 N–H and O–H groups in total. The van der Waals surface area contributed by atoms with Crippen molar-refractivity contribution in [3.63, 3.8) is 0 Å². The number of hydrogen-bond acceptors (Lipinski definition) is 0. The molecular weight excluding hydrogens is 204 g/mol. The molecule has 0 aliphatic heterocycles. The minimum atomic E-state index is -2.26. The van der Waals surface area contributed by atoms with Gasteiger partial charge in [-0.25, -0.2) is 0 Å². The van der Waals surface area contributed by atoms with Crippen LogP contribution in [0, 0.1) is 34.4 Å². The standard InChI is InChI=1S/C9H12.C8H10/c1-7-5-4-6-8(2)9(7)3;1-7-5-3-4-6-8(7)2/h4-6H,1-3H3;3-6H,1-2H3/i1D3,2D3;1D3. The first kappa shape index (κ1) is 5.39. The van der Waals surface area contributed by atoms with E-state index in [2.05, 4.69) is 0 Å². The Labute approximate surface area is 118 Å². The fourth-order valence-corrected chi connectivity index (χ4v) is 1.21. The second kappa shape index (κ2) is 6.24. The molecule has 0 saturated carbocycles. The average molecular weight is 235 g/mol. The summed E-state index contributed by atoms with van der Waals surface area (Å²) < 4.78 is 65.0. The van der Waals surface area contributed by atoms with Crippen LogP contribution in [0.25, 0.3) is 0 Å². The lowest BCUT2D eigenvalue weighted by molar-refractivity contribution is 1.27. The SMILES string of the molecule is [2H]C([2H])([2H])c1cccc(C([2H])([2H])[2H])c1C.[2H]C([2H])([2H])c1ccccc1C. The van der Waals surface area contributed by atoms with Crippen molar-refractivity contribution in [3.8, 4) is 0 Å². The van der Waals surface area contributed by atoms with Crippen LogP contribution in [0.15, 0.2) is 42.5 Å². The quantitative estimate of drug-likeness (QED) is 0.608. The van der Waals surface area contributed by atoms with Gasteiger partial charge in [0.1, 0.15) is 0 Å². The van der Waals surface area contributed by atoms with E-state index in [0.717, 1.165) is 5.56 Å². The highest BCUT2D eigenvalue weighted by Crippen LogP contribution is 2.09. The van der Waals surface area contributed by atoms with Crippen LogP contribution >= 0.6 is 0 Å². The largest absolute Gasteiger partial charge is 0.0620 e. The highest BCUT2D eigenvalue weighted by Gasteiger charge is 1.91. The highest BCUT2D eigenvalue weighted by molar-refractivity contribution is 5.31. The van der Waals surface area contributed by atoms with Crippen LogP contribution in [0.4, 0.5) is 0 Å². The monoisotopic (exact) mass is 235 g/mol. The lowest BCUT2D eigenvalue weighted by atomic mass is 10.1. The molecule has 0 heterocycles. The molecule has 0 aliphatic rings. The van der Waals surface area contributed by atoms with E-state index >= 15 is 0 Å². The summed E-state index contributed by atoms with van der Waals surface area (Å²) in [6.07, 6.45) is 0. The molecule has 0 heteroatoms. The summed E-state index contributed by atoms with van der Waals surface area (Å²) in [5, 5.41) is 0. The zero-order valence-electron chi connectivity index (χ0n) is 19.0. The van der Waals surface area contributed by atoms with Gasteiger partial charge < -0.3 is 0 Å². The normalized spacial score (nSPS) is 19.5. The molecular formula is C17H22. The Morgan fingerprint density at radius 3 is 1.53 bits per heavy atom. The number of rotatable bonds is 0. The molecule has 0 saturated heterocycles. The Balaban J connectivity index is 0.000000273. The predicted octanol–water partition coefficient (Wildman–Crippen LogP) is 4.92. The second-order valence-corrected chi connectivity index (χ2v) is 3.79. The van der Waals surface area contributed by atoms with Gasteiger partial charge in [0.15, 0.2) is 0 Å². The summed E-state index contributed by atoms with van der Waals surface area (Å²) in [7, 11) is 0. The van der Waals surface area contributed by atoms with Crippen molar-refractivity contribution in [1.82, 2.24) is 0 Å². The molecule has 2 aromatic rings. The topological polar surface area (TPSA) is 0 Å². The van der Waals surface area contributed by atoms with E-state index < -0.39 is 20.6 Å². The molecule has 2 rings (SSSR count). The summed E-state index contributed by atoms with van der Waals surface area (Å²) in [6, 6.07) is 11.4. The lowest BCUT2D eigenvalue weighted by Gasteiger charge is -2.00. The zero-order valence-corrected chi connectivity index (χ0v) is 10.0. The van der Waals surface area contributed by atoms with Crippen molar-refractivity contribution in [2.24, 2.45) is 0 Å². The first-order valence-electron chi connectivity index (χ1n) is 9.82. The van der Waals surface area contributed by atoms with Crippen molar-refractivity contribution < 1.29 is 12.3 Å². The van der Waals surface area contributed by atoms with Gasteiger partial charge in [0.25, 0.3) is 0 Å². The van der Waals surface area contributed by atoms with Crippen molar-refractivity contribution >= 4 is 0 Å². The van der Waals surface area contributed by atoms with E-state index in [1.54, 1.807) is 12.1 Å². The van der Waals surface area contributed by atoms with E-state index in [1.807, 2.05) is 19.1 Å². The number of hydrogen-bond donors (Lipinski definition) is 0. The van der Waals surface area contributed by atoms with Gasteiger partial charge in [-0.2, -0.15) is 0 Å². The van der Waals surface area contributed by atoms with Crippen LogP contribution < -0.4 is 0 Å². The fraction of sp³-hybridized carbons (Fsp3) is 0.294. The third kappa shape index (κ3) is 4.07. The summed E-state index contributed by atoms with van der Waals surface area (Å²) in [6.45, 7) is -3.15. The molecule has 0 spiro atoms. The molecule has 0 aromatic heterocycles. The number of aryl methyl sites for hydroxylation is 4. The minimum Gasteiger partial charge on any atom is -0.0620 e. The van der Waals surface area contributed by atoms with Gasteiger partial charge in [-0.1, -0.05) is 42.5 Å². The minimum absolute atomic E-state index is 0.108. The molecule has 0 amide bonds. The second-order valence-electron chi connectivity index (χ2n) is 3.79. The maximum Gasteiger partial charge on any atom is 0.0280 e. The van der Waals surface area contributed by atoms with E-state index in [0.29, 0.717) is 11.1 Å². The smallest absolute Gasteiger partial charge is 0.0280 e. The molecule has 90 valence electrons. The lowest BCUT2D eigenvalue weighted by Crippen LogP contribution is -1.82. The Bertz CT molecular complexity index is 705. The molecule has 0 unspecified atom stereocenters. The van der Waals surface area contributed by atoms with Crippen LogP contribution in [0.3, 0.4) is 0 Å². The molecule has 0 bridgehead atoms. The van der Waals surface area contributed by atoms with Crippen LogP contribution in [-0.4, -0.2) is 0 Å². The summed E-state index contributed by atoms with van der Waals surface area (Å²) in [4.78, 5) is 0. The van der Waals surface area contributed by atoms with Crippen molar-refractivity contribution in [3.05, 3.63) is 70.3 Å². The maximum absolute atomic E-state index is 7.26. The van der Waals surface area contributed by atoms with Gasteiger partial charge in [0.2, 0.25) is 0 Å². The van der Waals surface area contributed by atoms with Crippen LogP contribution in [0.2, 0.25) is 0 Å². The highest BCUT2D eigenvalue weighted by atomic mass is 14.0. The maximum atomic E-state index is 7.26. The molecule has 0 atom stereocenters. The Hall–Kier alpha value is -1.56. The first-order valence-corrected chi connectivity index (χ1v) is 5.32. The van der Waals surface area contributed by atoms with Crippen LogP contribution in [-0.2, 0) is 0 Å². The summed E-state index contributed by atoms with van der Waals surface area (Å²) in [5.41, 5.74) is 1.82. The first-order chi connectivity index (χ1) is 11.7. The Kier molecular flexibility index (Phi) is 1.98. The van der Waals surface area contributed by atoms with Gasteiger partial charge in [0, 0.05) is 12.3 Å². The van der Waals surface area contributed by atoms with Crippen molar-refractivity contribution in [2.45, 2.75) is 34.4 Å². The average Bonchev–Trinajstić information content (AvgIpc) is 2.45. The Morgan fingerprint density at radius 1 is 0.647 bits per heavy atom. The number of benzene rings is 2. The van der Waals surface area contributed by atoms with Gasteiger partial charge in [-0.15, -0.1) is 0 Å². The third-order valence-corrected chi connectivity index (χ3v) is 2.48. The molecule has 17 heavy (non-hydrogen) atoms. The van der Waals surface area contributed by atoms with E-state index in [-0.39, 0.29) is 11.1 Å². The van der Waals surface area contributed by atoms with Crippen LogP contribution in [0.1, 0.15) is 40.2 Å². The fourth-order valence-electron chi connectivity index (χ4n) is 1.21. The predicted molar refractivity (Wildman–Crippen MR) is 76.6 cm³/mol. The molecule has 0 nitrogen and oxygen atoms in total. The zero-order chi connectivity index (χ0) is 20.3. The summed E-state index contributed by atoms with van der Waals surface area (Å²) >= 11 is 0. The van der Waals surface area contributed by atoms with E-state index in [9.17, 15) is 0 Å². The van der Waals surface area contributed by atoms with Crippen molar-refractivity contribution in [1.29, 1.82) is 0 Å². The third-order valence-electron chi connectivity index (χ3n) is 2.48. The summed E-state index contributed by atoms with van der Waals surface area (Å²) in [5.74, 6) is 0. The van der Waals surface area contributed by atoms with Crippen LogP contribution in [0.5, 0.6) is 0 Å². The molecule has 0 radical (unpaired) electrons. The van der Waals surface area contributed by atoms with E-state index in [4.69, 9.17) is 12.3 Å². The van der Waals surface area contributed by atoms with E-state index in [1.165, 1.54) is 25.1 Å². The van der Waals surface area contributed by atoms with Gasteiger partial charge in [0.05, 0.1) is 0 Å². The molecule has 0 aliphatic carbocycles. The van der Waals surface area contributed by atoms with Crippen molar-refractivity contribution in [2.75, 3.05) is 0 Å².